The number of allylic oxidation sites excluding steroid dienone is 1. The molecule has 0 spiro atoms. The van der Waals surface area contributed by atoms with E-state index < -0.39 is 0 Å². The maximum absolute atomic E-state index is 12.3. The fourth-order valence-electron chi connectivity index (χ4n) is 5.10. The van der Waals surface area contributed by atoms with Crippen LogP contribution in [0.3, 0.4) is 0 Å². The molecule has 1 aliphatic rings. The lowest BCUT2D eigenvalue weighted by Crippen LogP contribution is -2.25. The van der Waals surface area contributed by atoms with Crippen molar-refractivity contribution >= 4 is 30.2 Å². The summed E-state index contributed by atoms with van der Waals surface area (Å²) < 4.78 is 6.01. The van der Waals surface area contributed by atoms with Crippen LogP contribution in [0.2, 0.25) is 0 Å². The number of hydrogen-bond donors (Lipinski definition) is 2. The average molecular weight is 564 g/mol. The van der Waals surface area contributed by atoms with Crippen LogP contribution in [0.5, 0.6) is 5.75 Å². The van der Waals surface area contributed by atoms with Gasteiger partial charge < -0.3 is 10.1 Å². The van der Waals surface area contributed by atoms with Crippen molar-refractivity contribution in [3.8, 4) is 5.75 Å². The fraction of sp³-hybridized carbons (Fsp3) is 0.257. The van der Waals surface area contributed by atoms with Gasteiger partial charge in [0.15, 0.2) is 0 Å². The van der Waals surface area contributed by atoms with E-state index in [0.29, 0.717) is 12.1 Å². The highest BCUT2D eigenvalue weighted by Gasteiger charge is 2.11. The first kappa shape index (κ1) is 28.7. The summed E-state index contributed by atoms with van der Waals surface area (Å²) in [7, 11) is 0. The second kappa shape index (κ2) is 14.7. The number of carbonyl (C=O) groups excluding carboxylic acids is 1. The monoisotopic (exact) mass is 563 g/mol. The second-order valence-electron chi connectivity index (χ2n) is 10.4. The predicted octanol–water partition coefficient (Wildman–Crippen LogP) is 6.60. The smallest absolute Gasteiger partial charge is 0.251 e. The predicted molar refractivity (Wildman–Crippen MR) is 170 cm³/mol. The molecule has 1 N–H and O–H groups in total. The van der Waals surface area contributed by atoms with Crippen molar-refractivity contribution < 1.29 is 9.53 Å². The summed E-state index contributed by atoms with van der Waals surface area (Å²) in [5.41, 5.74) is 6.48. The Bertz CT molecular complexity index is 1430. The van der Waals surface area contributed by atoms with E-state index in [2.05, 4.69) is 81.9 Å². The van der Waals surface area contributed by atoms with E-state index in [9.17, 15) is 4.79 Å². The SMILES string of the molecule is O=C(NCCc1ccc(/C=C(\Cc2ccc(OCCN3CCCC3)cc2)c2ccccc2S)cc1)c1ccncc1. The third-order valence-electron chi connectivity index (χ3n) is 7.41. The molecule has 1 fully saturated rings. The summed E-state index contributed by atoms with van der Waals surface area (Å²) in [6, 6.07) is 28.7. The van der Waals surface area contributed by atoms with Crippen LogP contribution in [0, 0.1) is 0 Å². The molecule has 4 aromatic rings. The maximum Gasteiger partial charge on any atom is 0.251 e. The molecule has 0 saturated carbocycles. The zero-order valence-electron chi connectivity index (χ0n) is 23.3. The van der Waals surface area contributed by atoms with Crippen LogP contribution in [0.15, 0.2) is 102 Å². The summed E-state index contributed by atoms with van der Waals surface area (Å²) in [6.07, 6.45) is 9.65. The van der Waals surface area contributed by atoms with Gasteiger partial charge in [-0.2, -0.15) is 0 Å². The van der Waals surface area contributed by atoms with Crippen molar-refractivity contribution in [3.63, 3.8) is 0 Å². The highest BCUT2D eigenvalue weighted by atomic mass is 32.1. The summed E-state index contributed by atoms with van der Waals surface area (Å²) in [4.78, 5) is 19.7. The molecule has 5 rings (SSSR count). The normalized spacial score (nSPS) is 13.7. The molecule has 0 aliphatic carbocycles. The van der Waals surface area contributed by atoms with Crippen molar-refractivity contribution in [1.29, 1.82) is 0 Å². The van der Waals surface area contributed by atoms with Crippen molar-refractivity contribution in [1.82, 2.24) is 15.2 Å². The largest absolute Gasteiger partial charge is 0.492 e. The van der Waals surface area contributed by atoms with Crippen molar-refractivity contribution in [3.05, 3.63) is 125 Å². The number of hydrogen-bond acceptors (Lipinski definition) is 5. The van der Waals surface area contributed by atoms with E-state index in [1.54, 1.807) is 24.5 Å². The van der Waals surface area contributed by atoms with Crippen molar-refractivity contribution in [2.45, 2.75) is 30.6 Å². The minimum absolute atomic E-state index is 0.0799. The number of pyridine rings is 1. The maximum atomic E-state index is 12.3. The van der Waals surface area contributed by atoms with Crippen LogP contribution < -0.4 is 10.1 Å². The minimum atomic E-state index is -0.0799. The Balaban J connectivity index is 1.22. The van der Waals surface area contributed by atoms with Crippen LogP contribution in [-0.2, 0) is 12.8 Å². The van der Waals surface area contributed by atoms with E-state index in [1.807, 2.05) is 12.1 Å². The molecule has 2 heterocycles. The summed E-state index contributed by atoms with van der Waals surface area (Å²) in [6.45, 7) is 4.68. The van der Waals surface area contributed by atoms with Crippen LogP contribution >= 0.6 is 12.6 Å². The highest BCUT2D eigenvalue weighted by molar-refractivity contribution is 7.80. The van der Waals surface area contributed by atoms with Crippen LogP contribution in [0.1, 0.15) is 45.5 Å². The number of likely N-dealkylation sites (tertiary alicyclic amines) is 1. The molecule has 0 radical (unpaired) electrons. The Morgan fingerprint density at radius 2 is 1.61 bits per heavy atom. The quantitative estimate of drug-likeness (QED) is 0.151. The number of amides is 1. The van der Waals surface area contributed by atoms with Gasteiger partial charge in [0.2, 0.25) is 0 Å². The number of benzene rings is 3. The van der Waals surface area contributed by atoms with Crippen LogP contribution in [-0.4, -0.2) is 48.6 Å². The number of aromatic nitrogens is 1. The first-order valence-corrected chi connectivity index (χ1v) is 14.8. The van der Waals surface area contributed by atoms with Gasteiger partial charge in [-0.05, 0) is 96.9 Å². The van der Waals surface area contributed by atoms with Gasteiger partial charge in [0, 0.05) is 35.9 Å². The Hall–Kier alpha value is -3.87. The molecular formula is C35H37N3O2S. The van der Waals surface area contributed by atoms with Gasteiger partial charge in [0.05, 0.1) is 0 Å². The van der Waals surface area contributed by atoms with Gasteiger partial charge in [0.25, 0.3) is 5.91 Å². The zero-order valence-corrected chi connectivity index (χ0v) is 24.2. The number of thiol groups is 1. The molecule has 1 saturated heterocycles. The lowest BCUT2D eigenvalue weighted by Gasteiger charge is -2.15. The molecule has 210 valence electrons. The summed E-state index contributed by atoms with van der Waals surface area (Å²) >= 11 is 4.76. The van der Waals surface area contributed by atoms with Gasteiger partial charge in [-0.25, -0.2) is 0 Å². The minimum Gasteiger partial charge on any atom is -0.492 e. The van der Waals surface area contributed by atoms with E-state index in [4.69, 9.17) is 17.4 Å². The van der Waals surface area contributed by atoms with Crippen LogP contribution in [0.4, 0.5) is 0 Å². The van der Waals surface area contributed by atoms with Gasteiger partial charge in [-0.3, -0.25) is 14.7 Å². The van der Waals surface area contributed by atoms with Gasteiger partial charge >= 0.3 is 0 Å². The van der Waals surface area contributed by atoms with Crippen LogP contribution in [0.25, 0.3) is 11.6 Å². The number of nitrogens with one attached hydrogen (secondary N) is 1. The molecule has 5 nitrogen and oxygen atoms in total. The Kier molecular flexibility index (Phi) is 10.3. The fourth-order valence-corrected chi connectivity index (χ4v) is 5.40. The molecule has 0 unspecified atom stereocenters. The van der Waals surface area contributed by atoms with E-state index in [-0.39, 0.29) is 5.91 Å². The molecule has 0 bridgehead atoms. The van der Waals surface area contributed by atoms with Gasteiger partial charge in [0.1, 0.15) is 12.4 Å². The number of carbonyl (C=O) groups is 1. The first-order valence-electron chi connectivity index (χ1n) is 14.3. The summed E-state index contributed by atoms with van der Waals surface area (Å²) in [5.74, 6) is 0.837. The molecular weight excluding hydrogens is 526 g/mol. The molecule has 3 aromatic carbocycles. The molecule has 1 amide bonds. The van der Waals surface area contributed by atoms with Gasteiger partial charge in [-0.1, -0.05) is 60.7 Å². The number of rotatable bonds is 12. The number of nitrogens with zero attached hydrogens (tertiary/aromatic N) is 2. The zero-order chi connectivity index (χ0) is 28.3. The molecule has 1 aromatic heterocycles. The van der Waals surface area contributed by atoms with E-state index in [0.717, 1.165) is 47.8 Å². The first-order chi connectivity index (χ1) is 20.1. The summed E-state index contributed by atoms with van der Waals surface area (Å²) in [5, 5.41) is 2.98. The lowest BCUT2D eigenvalue weighted by atomic mass is 9.95. The third kappa shape index (κ3) is 8.56. The lowest BCUT2D eigenvalue weighted by molar-refractivity contribution is 0.0954. The topological polar surface area (TPSA) is 54.5 Å². The highest BCUT2D eigenvalue weighted by Crippen LogP contribution is 2.28. The second-order valence-corrected chi connectivity index (χ2v) is 10.9. The molecule has 0 atom stereocenters. The number of ether oxygens (including phenoxy) is 1. The molecule has 41 heavy (non-hydrogen) atoms. The van der Waals surface area contributed by atoms with Crippen molar-refractivity contribution in [2.75, 3.05) is 32.8 Å². The Morgan fingerprint density at radius 3 is 2.34 bits per heavy atom. The average Bonchev–Trinajstić information content (AvgIpc) is 3.53. The molecule has 6 heteroatoms. The van der Waals surface area contributed by atoms with Crippen molar-refractivity contribution in [2.24, 2.45) is 0 Å². The van der Waals surface area contributed by atoms with E-state index >= 15 is 0 Å². The molecule has 1 aliphatic heterocycles. The van der Waals surface area contributed by atoms with E-state index in [1.165, 1.54) is 42.6 Å². The third-order valence-corrected chi connectivity index (χ3v) is 7.80. The van der Waals surface area contributed by atoms with Gasteiger partial charge in [-0.15, -0.1) is 12.6 Å². The Labute approximate surface area is 248 Å². The Morgan fingerprint density at radius 1 is 0.902 bits per heavy atom. The standard InChI is InChI=1S/C35H37N3O2S/c39-35(30-16-18-36-19-17-30)37-20-15-27-7-9-28(10-8-27)25-31(33-5-1-2-6-34(33)41)26-29-11-13-32(14-12-29)40-24-23-38-21-3-4-22-38/h1-2,5-14,16-19,25,41H,3-4,15,20-24,26H2,(H,37,39)/b31-25+.